The molecule has 0 spiro atoms. The summed E-state index contributed by atoms with van der Waals surface area (Å²) in [6, 6.07) is 0. The molecule has 1 amide bonds. The van der Waals surface area contributed by atoms with E-state index < -0.39 is 0 Å². The minimum absolute atomic E-state index is 0.228. The summed E-state index contributed by atoms with van der Waals surface area (Å²) in [4.78, 5) is 14.1. The van der Waals surface area contributed by atoms with Crippen LogP contribution in [0.25, 0.3) is 0 Å². The Balaban J connectivity index is 2.48. The van der Waals surface area contributed by atoms with Crippen LogP contribution in [0.5, 0.6) is 0 Å². The molecule has 0 aliphatic heterocycles. The molecule has 0 bridgehead atoms. The summed E-state index contributed by atoms with van der Waals surface area (Å²) in [7, 11) is 0. The van der Waals surface area contributed by atoms with Gasteiger partial charge in [-0.25, -0.2) is 0 Å². The Morgan fingerprint density at radius 2 is 2.35 bits per heavy atom. The van der Waals surface area contributed by atoms with Gasteiger partial charge < -0.3 is 10.6 Å². The van der Waals surface area contributed by atoms with Gasteiger partial charge >= 0.3 is 0 Å². The normalized spacial score (nSPS) is 17.5. The molecule has 0 saturated heterocycles. The molecule has 98 valence electrons. The van der Waals surface area contributed by atoms with E-state index in [2.05, 4.69) is 13.0 Å². The third-order valence-electron chi connectivity index (χ3n) is 3.05. The molecule has 1 rings (SSSR count). The summed E-state index contributed by atoms with van der Waals surface area (Å²) in [6.45, 7) is 5.52. The number of hydrogen-bond acceptors (Lipinski definition) is 3. The van der Waals surface area contributed by atoms with Crippen molar-refractivity contribution in [1.29, 1.82) is 0 Å². The maximum Gasteiger partial charge on any atom is 0.236 e. The molecule has 1 unspecified atom stereocenters. The number of amides is 1. The van der Waals surface area contributed by atoms with E-state index in [1.54, 1.807) is 11.8 Å². The number of nitrogens with two attached hydrogens (primary N) is 1. The molecule has 0 radical (unpaired) electrons. The Bertz CT molecular complexity index is 279. The summed E-state index contributed by atoms with van der Waals surface area (Å²) >= 11 is 1.65. The third-order valence-corrected chi connectivity index (χ3v) is 4.23. The molecule has 1 aliphatic carbocycles. The largest absolute Gasteiger partial charge is 0.329 e. The van der Waals surface area contributed by atoms with Crippen molar-refractivity contribution in [3.05, 3.63) is 11.8 Å². The van der Waals surface area contributed by atoms with Gasteiger partial charge in [0.15, 0.2) is 0 Å². The maximum atomic E-state index is 12.1. The van der Waals surface area contributed by atoms with E-state index in [4.69, 9.17) is 5.73 Å². The lowest BCUT2D eigenvalue weighted by molar-refractivity contribution is -0.126. The SMILES string of the molecule is CCN(C(=O)CSC(C)CN)C1=CCCCC1. The smallest absolute Gasteiger partial charge is 0.236 e. The van der Waals surface area contributed by atoms with E-state index in [1.807, 2.05) is 11.8 Å². The van der Waals surface area contributed by atoms with Crippen LogP contribution in [0.1, 0.15) is 39.5 Å². The van der Waals surface area contributed by atoms with E-state index in [0.29, 0.717) is 17.5 Å². The fourth-order valence-corrected chi connectivity index (χ4v) is 2.68. The predicted octanol–water partition coefficient (Wildman–Crippen LogP) is 2.37. The number of hydrogen-bond donors (Lipinski definition) is 1. The van der Waals surface area contributed by atoms with Crippen molar-refractivity contribution in [3.63, 3.8) is 0 Å². The van der Waals surface area contributed by atoms with E-state index in [0.717, 1.165) is 19.4 Å². The lowest BCUT2D eigenvalue weighted by atomic mass is 10.0. The van der Waals surface area contributed by atoms with Crippen LogP contribution in [-0.2, 0) is 4.79 Å². The molecule has 1 aliphatic rings. The first-order chi connectivity index (χ1) is 8.19. The van der Waals surface area contributed by atoms with Gasteiger partial charge in [-0.3, -0.25) is 4.79 Å². The van der Waals surface area contributed by atoms with E-state index in [9.17, 15) is 4.79 Å². The standard InChI is InChI=1S/C13H24N2OS/c1-3-15(12-7-5-4-6-8-12)13(16)10-17-11(2)9-14/h7,11H,3-6,8-10,14H2,1-2H3. The van der Waals surface area contributed by atoms with Crippen LogP contribution in [0.15, 0.2) is 11.8 Å². The Morgan fingerprint density at radius 3 is 2.88 bits per heavy atom. The van der Waals surface area contributed by atoms with E-state index >= 15 is 0 Å². The number of carbonyl (C=O) groups excluding carboxylic acids is 1. The van der Waals surface area contributed by atoms with E-state index in [-0.39, 0.29) is 5.91 Å². The van der Waals surface area contributed by atoms with Gasteiger partial charge in [-0.05, 0) is 32.6 Å². The first-order valence-corrected chi connectivity index (χ1v) is 7.55. The van der Waals surface area contributed by atoms with Crippen LogP contribution >= 0.6 is 11.8 Å². The summed E-state index contributed by atoms with van der Waals surface area (Å²) < 4.78 is 0. The number of nitrogens with zero attached hydrogens (tertiary/aromatic N) is 1. The quantitative estimate of drug-likeness (QED) is 0.793. The molecular weight excluding hydrogens is 232 g/mol. The fraction of sp³-hybridized carbons (Fsp3) is 0.769. The summed E-state index contributed by atoms with van der Waals surface area (Å²) in [5.41, 5.74) is 6.78. The van der Waals surface area contributed by atoms with Crippen LogP contribution in [0, 0.1) is 0 Å². The molecule has 0 aromatic heterocycles. The van der Waals surface area contributed by atoms with Crippen LogP contribution in [0.2, 0.25) is 0 Å². The Kier molecular flexibility index (Phi) is 6.66. The Labute approximate surface area is 109 Å². The van der Waals surface area contributed by atoms with Crippen molar-refractivity contribution in [2.45, 2.75) is 44.8 Å². The number of rotatable bonds is 6. The van der Waals surface area contributed by atoms with Crippen LogP contribution in [0.3, 0.4) is 0 Å². The van der Waals surface area contributed by atoms with E-state index in [1.165, 1.54) is 18.5 Å². The van der Waals surface area contributed by atoms with Crippen molar-refractivity contribution in [2.75, 3.05) is 18.8 Å². The predicted molar refractivity (Wildman–Crippen MR) is 74.9 cm³/mol. The summed E-state index contributed by atoms with van der Waals surface area (Å²) in [5, 5.41) is 0.359. The minimum atomic E-state index is 0.228. The highest BCUT2D eigenvalue weighted by Crippen LogP contribution is 2.22. The minimum Gasteiger partial charge on any atom is -0.329 e. The van der Waals surface area contributed by atoms with Gasteiger partial charge in [0.05, 0.1) is 5.75 Å². The molecule has 0 saturated carbocycles. The first kappa shape index (κ1) is 14.6. The highest BCUT2D eigenvalue weighted by molar-refractivity contribution is 8.00. The molecular formula is C13H24N2OS. The summed E-state index contributed by atoms with van der Waals surface area (Å²) in [5.74, 6) is 0.773. The van der Waals surface area contributed by atoms with Crippen LogP contribution < -0.4 is 5.73 Å². The highest BCUT2D eigenvalue weighted by Gasteiger charge is 2.18. The molecule has 0 aromatic carbocycles. The van der Waals surface area contributed by atoms with Gasteiger partial charge in [0, 0.05) is 24.0 Å². The van der Waals surface area contributed by atoms with Crippen molar-refractivity contribution in [3.8, 4) is 0 Å². The second kappa shape index (κ2) is 7.77. The van der Waals surface area contributed by atoms with Crippen LogP contribution in [0.4, 0.5) is 0 Å². The molecule has 1 atom stereocenters. The lowest BCUT2D eigenvalue weighted by Crippen LogP contribution is -2.33. The third kappa shape index (κ3) is 4.72. The Morgan fingerprint density at radius 1 is 1.59 bits per heavy atom. The zero-order valence-corrected chi connectivity index (χ0v) is 11.8. The Hall–Kier alpha value is -0.480. The monoisotopic (exact) mass is 256 g/mol. The van der Waals surface area contributed by atoms with Gasteiger partial charge in [-0.1, -0.05) is 13.0 Å². The van der Waals surface area contributed by atoms with Crippen molar-refractivity contribution >= 4 is 17.7 Å². The molecule has 0 heterocycles. The molecule has 0 aromatic rings. The molecule has 4 heteroatoms. The zero-order valence-electron chi connectivity index (χ0n) is 10.9. The van der Waals surface area contributed by atoms with Crippen molar-refractivity contribution in [1.82, 2.24) is 4.90 Å². The summed E-state index contributed by atoms with van der Waals surface area (Å²) in [6.07, 6.45) is 6.86. The number of carbonyl (C=O) groups is 1. The number of thioether (sulfide) groups is 1. The van der Waals surface area contributed by atoms with Gasteiger partial charge in [0.25, 0.3) is 0 Å². The van der Waals surface area contributed by atoms with Gasteiger partial charge in [-0.15, -0.1) is 11.8 Å². The molecule has 17 heavy (non-hydrogen) atoms. The maximum absolute atomic E-state index is 12.1. The lowest BCUT2D eigenvalue weighted by Gasteiger charge is -2.26. The average Bonchev–Trinajstić information content (AvgIpc) is 2.38. The topological polar surface area (TPSA) is 46.3 Å². The average molecular weight is 256 g/mol. The van der Waals surface area contributed by atoms with Gasteiger partial charge in [0.1, 0.15) is 0 Å². The van der Waals surface area contributed by atoms with Crippen LogP contribution in [-0.4, -0.2) is 34.9 Å². The van der Waals surface area contributed by atoms with Gasteiger partial charge in [0.2, 0.25) is 5.91 Å². The number of allylic oxidation sites excluding steroid dienone is 2. The molecule has 0 fully saturated rings. The van der Waals surface area contributed by atoms with Crippen molar-refractivity contribution < 1.29 is 4.79 Å². The second-order valence-corrected chi connectivity index (χ2v) is 5.86. The fourth-order valence-electron chi connectivity index (χ4n) is 1.97. The van der Waals surface area contributed by atoms with Crippen molar-refractivity contribution in [2.24, 2.45) is 5.73 Å². The molecule has 2 N–H and O–H groups in total. The highest BCUT2D eigenvalue weighted by atomic mass is 32.2. The molecule has 3 nitrogen and oxygen atoms in total. The van der Waals surface area contributed by atoms with Gasteiger partial charge in [-0.2, -0.15) is 0 Å². The second-order valence-electron chi connectivity index (χ2n) is 4.44. The first-order valence-electron chi connectivity index (χ1n) is 6.50. The zero-order chi connectivity index (χ0) is 12.7.